The first-order valence-electron chi connectivity index (χ1n) is 5.71. The van der Waals surface area contributed by atoms with Gasteiger partial charge in [0, 0.05) is 30.6 Å². The van der Waals surface area contributed by atoms with Gasteiger partial charge in [0.15, 0.2) is 4.34 Å². The van der Waals surface area contributed by atoms with Crippen molar-refractivity contribution in [1.82, 2.24) is 10.2 Å². The number of aromatic nitrogens is 2. The van der Waals surface area contributed by atoms with Gasteiger partial charge in [0.25, 0.3) is 0 Å². The summed E-state index contributed by atoms with van der Waals surface area (Å²) in [5.74, 6) is -0.280. The lowest BCUT2D eigenvalue weighted by molar-refractivity contribution is 0.585. The second-order valence-corrected chi connectivity index (χ2v) is 6.53. The van der Waals surface area contributed by atoms with Crippen LogP contribution in [0.4, 0.5) is 9.52 Å². The summed E-state index contributed by atoms with van der Waals surface area (Å²) in [6, 6.07) is 4.60. The Kier molecular flexibility index (Phi) is 4.38. The Morgan fingerprint density at radius 2 is 2.11 bits per heavy atom. The van der Waals surface area contributed by atoms with Crippen molar-refractivity contribution < 1.29 is 4.39 Å². The van der Waals surface area contributed by atoms with Gasteiger partial charge in [-0.1, -0.05) is 29.2 Å². The third-order valence-electron chi connectivity index (χ3n) is 2.44. The van der Waals surface area contributed by atoms with Gasteiger partial charge < -0.3 is 10.6 Å². The molecule has 1 aromatic carbocycles. The third kappa shape index (κ3) is 3.23. The zero-order chi connectivity index (χ0) is 14.0. The largest absolute Gasteiger partial charge is 0.353 e. The van der Waals surface area contributed by atoms with Gasteiger partial charge in [-0.05, 0) is 19.1 Å². The molecule has 0 aliphatic rings. The standard InChI is InChI=1S/C12H15FN4S2/c1-7(14)10-8(13)5-4-6-9(10)18-12-16-15-11(19-12)17(2)3/h4-7H,14H2,1-3H3/t7-/m1/s1. The predicted molar refractivity (Wildman–Crippen MR) is 77.4 cm³/mol. The molecule has 0 bridgehead atoms. The molecular weight excluding hydrogens is 283 g/mol. The van der Waals surface area contributed by atoms with Crippen LogP contribution >= 0.6 is 23.1 Å². The molecule has 2 rings (SSSR count). The molecule has 0 fully saturated rings. The Hall–Kier alpha value is -1.18. The quantitative estimate of drug-likeness (QED) is 0.940. The topological polar surface area (TPSA) is 55.0 Å². The maximum atomic E-state index is 13.8. The first-order valence-corrected chi connectivity index (χ1v) is 7.35. The van der Waals surface area contributed by atoms with Crippen LogP contribution in [0.3, 0.4) is 0 Å². The van der Waals surface area contributed by atoms with E-state index in [0.717, 1.165) is 14.4 Å². The first-order chi connectivity index (χ1) is 8.99. The fourth-order valence-electron chi connectivity index (χ4n) is 1.57. The SMILES string of the molecule is C[C@@H](N)c1c(F)cccc1Sc1nnc(N(C)C)s1. The smallest absolute Gasteiger partial charge is 0.208 e. The Morgan fingerprint density at radius 3 is 2.68 bits per heavy atom. The molecule has 0 aliphatic carbocycles. The van der Waals surface area contributed by atoms with Gasteiger partial charge in [0.1, 0.15) is 5.82 Å². The Balaban J connectivity index is 2.30. The summed E-state index contributed by atoms with van der Waals surface area (Å²) in [7, 11) is 3.81. The Morgan fingerprint density at radius 1 is 1.37 bits per heavy atom. The molecule has 0 saturated carbocycles. The molecule has 0 amide bonds. The first kappa shape index (κ1) is 14.2. The molecule has 1 heterocycles. The summed E-state index contributed by atoms with van der Waals surface area (Å²) in [5, 5.41) is 8.97. The minimum absolute atomic E-state index is 0.280. The number of halogens is 1. The lowest BCUT2D eigenvalue weighted by atomic mass is 10.1. The lowest BCUT2D eigenvalue weighted by Crippen LogP contribution is -2.08. The number of hydrogen-bond acceptors (Lipinski definition) is 6. The summed E-state index contributed by atoms with van der Waals surface area (Å²) in [6.07, 6.45) is 0. The predicted octanol–water partition coefficient (Wildman–Crippen LogP) is 2.91. The van der Waals surface area contributed by atoms with Crippen LogP contribution in [0.15, 0.2) is 27.4 Å². The van der Waals surface area contributed by atoms with E-state index in [2.05, 4.69) is 10.2 Å². The van der Waals surface area contributed by atoms with Crippen LogP contribution in [0.1, 0.15) is 18.5 Å². The maximum Gasteiger partial charge on any atom is 0.208 e. The summed E-state index contributed by atoms with van der Waals surface area (Å²) in [4.78, 5) is 2.68. The van der Waals surface area contributed by atoms with E-state index >= 15 is 0 Å². The van der Waals surface area contributed by atoms with Crippen molar-refractivity contribution >= 4 is 28.2 Å². The van der Waals surface area contributed by atoms with Gasteiger partial charge in [-0.3, -0.25) is 0 Å². The molecule has 2 N–H and O–H groups in total. The van der Waals surface area contributed by atoms with Gasteiger partial charge in [-0.25, -0.2) is 4.39 Å². The summed E-state index contributed by atoms with van der Waals surface area (Å²) >= 11 is 2.86. The molecule has 7 heteroatoms. The normalized spacial score (nSPS) is 12.5. The van der Waals surface area contributed by atoms with Gasteiger partial charge in [-0.15, -0.1) is 10.2 Å². The van der Waals surface area contributed by atoms with Crippen molar-refractivity contribution in [3.05, 3.63) is 29.6 Å². The van der Waals surface area contributed by atoms with Crippen molar-refractivity contribution in [3.63, 3.8) is 0 Å². The highest BCUT2D eigenvalue weighted by molar-refractivity contribution is 8.01. The zero-order valence-electron chi connectivity index (χ0n) is 10.9. The van der Waals surface area contributed by atoms with E-state index in [9.17, 15) is 4.39 Å². The monoisotopic (exact) mass is 298 g/mol. The molecule has 0 radical (unpaired) electrons. The highest BCUT2D eigenvalue weighted by Crippen LogP contribution is 2.36. The lowest BCUT2D eigenvalue weighted by Gasteiger charge is -2.11. The van der Waals surface area contributed by atoms with Crippen LogP contribution in [-0.4, -0.2) is 24.3 Å². The van der Waals surface area contributed by atoms with Gasteiger partial charge >= 0.3 is 0 Å². The van der Waals surface area contributed by atoms with Crippen LogP contribution in [0, 0.1) is 5.82 Å². The molecule has 19 heavy (non-hydrogen) atoms. The molecule has 0 saturated heterocycles. The second-order valence-electron chi connectivity index (χ2n) is 4.29. The molecule has 2 aromatic rings. The highest BCUT2D eigenvalue weighted by atomic mass is 32.2. The molecule has 0 spiro atoms. The van der Waals surface area contributed by atoms with Crippen molar-refractivity contribution in [2.45, 2.75) is 22.2 Å². The number of nitrogens with zero attached hydrogens (tertiary/aromatic N) is 3. The number of benzene rings is 1. The van der Waals surface area contributed by atoms with Crippen LogP contribution in [0.5, 0.6) is 0 Å². The van der Waals surface area contributed by atoms with E-state index in [-0.39, 0.29) is 11.9 Å². The number of rotatable bonds is 4. The van der Waals surface area contributed by atoms with Gasteiger partial charge in [0.05, 0.1) is 0 Å². The third-order valence-corrected chi connectivity index (χ3v) is 4.66. The van der Waals surface area contributed by atoms with E-state index in [1.165, 1.54) is 29.2 Å². The van der Waals surface area contributed by atoms with Crippen molar-refractivity contribution in [2.75, 3.05) is 19.0 Å². The summed E-state index contributed by atoms with van der Waals surface area (Å²) in [5.41, 5.74) is 6.35. The number of hydrogen-bond donors (Lipinski definition) is 1. The van der Waals surface area contributed by atoms with Crippen LogP contribution in [0.25, 0.3) is 0 Å². The summed E-state index contributed by atoms with van der Waals surface area (Å²) < 4.78 is 14.6. The Bertz CT molecular complexity index is 569. The summed E-state index contributed by atoms with van der Waals surface area (Å²) in [6.45, 7) is 1.77. The minimum Gasteiger partial charge on any atom is -0.353 e. The molecule has 4 nitrogen and oxygen atoms in total. The molecule has 1 atom stereocenters. The molecule has 0 unspecified atom stereocenters. The van der Waals surface area contributed by atoms with Crippen LogP contribution in [0.2, 0.25) is 0 Å². The van der Waals surface area contributed by atoms with E-state index in [1.807, 2.05) is 25.1 Å². The fraction of sp³-hybridized carbons (Fsp3) is 0.333. The molecule has 0 aliphatic heterocycles. The maximum absolute atomic E-state index is 13.8. The number of nitrogens with two attached hydrogens (primary N) is 1. The van der Waals surface area contributed by atoms with Gasteiger partial charge in [-0.2, -0.15) is 0 Å². The molecule has 1 aromatic heterocycles. The minimum atomic E-state index is -0.357. The van der Waals surface area contributed by atoms with Gasteiger partial charge in [0.2, 0.25) is 5.13 Å². The highest BCUT2D eigenvalue weighted by Gasteiger charge is 2.15. The van der Waals surface area contributed by atoms with E-state index in [4.69, 9.17) is 5.73 Å². The zero-order valence-corrected chi connectivity index (χ0v) is 12.6. The van der Waals surface area contributed by atoms with Crippen LogP contribution in [-0.2, 0) is 0 Å². The fourth-order valence-corrected chi connectivity index (χ4v) is 3.54. The van der Waals surface area contributed by atoms with Crippen molar-refractivity contribution in [3.8, 4) is 0 Å². The van der Waals surface area contributed by atoms with E-state index in [0.29, 0.717) is 5.56 Å². The Labute approximate surface area is 119 Å². The molecular formula is C12H15FN4S2. The van der Waals surface area contributed by atoms with Crippen LogP contribution < -0.4 is 10.6 Å². The van der Waals surface area contributed by atoms with E-state index < -0.39 is 0 Å². The van der Waals surface area contributed by atoms with Crippen molar-refractivity contribution in [2.24, 2.45) is 5.73 Å². The average Bonchev–Trinajstić information content (AvgIpc) is 2.77. The molecule has 102 valence electrons. The average molecular weight is 298 g/mol. The van der Waals surface area contributed by atoms with Crippen molar-refractivity contribution in [1.29, 1.82) is 0 Å². The van der Waals surface area contributed by atoms with E-state index in [1.54, 1.807) is 13.0 Å². The second kappa shape index (κ2) is 5.85. The number of anilines is 1.